The van der Waals surface area contributed by atoms with Gasteiger partial charge >= 0.3 is 0 Å². The topological polar surface area (TPSA) is 84.9 Å². The molecule has 0 fully saturated rings. The lowest BCUT2D eigenvalue weighted by atomic mass is 10.2. The molecule has 0 aromatic heterocycles. The zero-order valence-corrected chi connectivity index (χ0v) is 12.4. The van der Waals surface area contributed by atoms with Crippen LogP contribution in [0.25, 0.3) is 6.08 Å². The third-order valence-corrected chi connectivity index (χ3v) is 3.70. The summed E-state index contributed by atoms with van der Waals surface area (Å²) in [6.07, 6.45) is 1.66. The van der Waals surface area contributed by atoms with Gasteiger partial charge in [0.25, 0.3) is 5.91 Å². The zero-order chi connectivity index (χ0) is 14.0. The van der Waals surface area contributed by atoms with E-state index in [9.17, 15) is 9.90 Å². The van der Waals surface area contributed by atoms with Crippen LogP contribution < -0.4 is 10.5 Å². The van der Waals surface area contributed by atoms with E-state index < -0.39 is 0 Å². The monoisotopic (exact) mass is 342 g/mol. The number of halogens is 1. The summed E-state index contributed by atoms with van der Waals surface area (Å²) in [5.41, 5.74) is 6.19. The standard InChI is InChI=1S/C12H11BrN2O3S/c1-2-18-8-4-6(3-7(13)10(8)16)5-9-11(17)15-12(14)19-9/h3-5,16H,2H2,1H3,(H2,14,15,17). The van der Waals surface area contributed by atoms with E-state index in [-0.39, 0.29) is 16.8 Å². The third-order valence-electron chi connectivity index (χ3n) is 2.29. The van der Waals surface area contributed by atoms with Gasteiger partial charge in [-0.2, -0.15) is 4.99 Å². The molecular formula is C12H11BrN2O3S. The van der Waals surface area contributed by atoms with E-state index in [1.165, 1.54) is 0 Å². The van der Waals surface area contributed by atoms with Crippen LogP contribution in [0.5, 0.6) is 11.5 Å². The van der Waals surface area contributed by atoms with Crippen LogP contribution in [0.15, 0.2) is 26.5 Å². The molecule has 7 heteroatoms. The van der Waals surface area contributed by atoms with Crippen molar-refractivity contribution in [2.75, 3.05) is 6.61 Å². The maximum atomic E-state index is 11.5. The molecular weight excluding hydrogens is 332 g/mol. The second kappa shape index (κ2) is 5.66. The minimum absolute atomic E-state index is 0.0326. The molecule has 1 amide bonds. The Balaban J connectivity index is 2.36. The first-order valence-electron chi connectivity index (χ1n) is 5.44. The van der Waals surface area contributed by atoms with Gasteiger partial charge < -0.3 is 15.6 Å². The number of nitrogens with zero attached hydrogens (tertiary/aromatic N) is 1. The van der Waals surface area contributed by atoms with E-state index in [2.05, 4.69) is 20.9 Å². The summed E-state index contributed by atoms with van der Waals surface area (Å²) in [6.45, 7) is 2.26. The number of thioether (sulfide) groups is 1. The van der Waals surface area contributed by atoms with Crippen molar-refractivity contribution in [3.05, 3.63) is 27.1 Å². The smallest absolute Gasteiger partial charge is 0.286 e. The van der Waals surface area contributed by atoms with Crippen LogP contribution in [0.4, 0.5) is 0 Å². The molecule has 1 heterocycles. The Morgan fingerprint density at radius 2 is 2.32 bits per heavy atom. The molecule has 0 bridgehead atoms. The Kier molecular flexibility index (Phi) is 4.16. The highest BCUT2D eigenvalue weighted by molar-refractivity contribution is 9.10. The molecule has 0 atom stereocenters. The van der Waals surface area contributed by atoms with Gasteiger partial charge in [-0.3, -0.25) is 4.79 Å². The van der Waals surface area contributed by atoms with Crippen LogP contribution in [0.3, 0.4) is 0 Å². The lowest BCUT2D eigenvalue weighted by Crippen LogP contribution is -2.01. The summed E-state index contributed by atoms with van der Waals surface area (Å²) in [5.74, 6) is 0.0304. The molecule has 19 heavy (non-hydrogen) atoms. The molecule has 0 spiro atoms. The number of rotatable bonds is 3. The number of aliphatic imine (C=N–C) groups is 1. The number of aromatic hydroxyl groups is 1. The minimum Gasteiger partial charge on any atom is -0.503 e. The summed E-state index contributed by atoms with van der Waals surface area (Å²) in [7, 11) is 0. The Hall–Kier alpha value is -1.47. The minimum atomic E-state index is -0.357. The fourth-order valence-corrected chi connectivity index (χ4v) is 2.66. The van der Waals surface area contributed by atoms with Crippen molar-refractivity contribution in [1.82, 2.24) is 0 Å². The second-order valence-corrected chi connectivity index (χ2v) is 5.56. The molecule has 3 N–H and O–H groups in total. The number of hydrogen-bond acceptors (Lipinski definition) is 5. The van der Waals surface area contributed by atoms with Crippen molar-refractivity contribution in [2.24, 2.45) is 10.7 Å². The second-order valence-electron chi connectivity index (χ2n) is 3.65. The maximum Gasteiger partial charge on any atom is 0.286 e. The Labute approximate surface area is 122 Å². The SMILES string of the molecule is CCOc1cc(C=C2SC(N)=NC2=O)cc(Br)c1O. The van der Waals surface area contributed by atoms with E-state index in [0.29, 0.717) is 27.3 Å². The number of benzene rings is 1. The number of phenols is 1. The Morgan fingerprint density at radius 3 is 2.89 bits per heavy atom. The van der Waals surface area contributed by atoms with Crippen LogP contribution >= 0.6 is 27.7 Å². The first-order chi connectivity index (χ1) is 9.01. The molecule has 0 aliphatic carbocycles. The highest BCUT2D eigenvalue weighted by Crippen LogP contribution is 2.37. The number of phenolic OH excluding ortho intramolecular Hbond substituents is 1. The molecule has 1 aromatic carbocycles. The highest BCUT2D eigenvalue weighted by atomic mass is 79.9. The predicted molar refractivity (Wildman–Crippen MR) is 79.2 cm³/mol. The fourth-order valence-electron chi connectivity index (χ4n) is 1.52. The third kappa shape index (κ3) is 3.10. The summed E-state index contributed by atoms with van der Waals surface area (Å²) in [5, 5.41) is 10.0. The number of amidine groups is 1. The molecule has 0 saturated carbocycles. The van der Waals surface area contributed by atoms with Crippen LogP contribution in [0.1, 0.15) is 12.5 Å². The van der Waals surface area contributed by atoms with Crippen LogP contribution in [-0.4, -0.2) is 22.8 Å². The fraction of sp³-hybridized carbons (Fsp3) is 0.167. The van der Waals surface area contributed by atoms with Crippen molar-refractivity contribution >= 4 is 44.8 Å². The van der Waals surface area contributed by atoms with Crippen molar-refractivity contribution in [2.45, 2.75) is 6.92 Å². The van der Waals surface area contributed by atoms with Crippen molar-refractivity contribution in [1.29, 1.82) is 0 Å². The normalized spacial score (nSPS) is 16.8. The molecule has 5 nitrogen and oxygen atoms in total. The average Bonchev–Trinajstić information content (AvgIpc) is 2.64. The first-order valence-corrected chi connectivity index (χ1v) is 7.05. The largest absolute Gasteiger partial charge is 0.503 e. The van der Waals surface area contributed by atoms with Gasteiger partial charge in [-0.15, -0.1) is 0 Å². The molecule has 1 aliphatic heterocycles. The number of hydrogen-bond donors (Lipinski definition) is 2. The van der Waals surface area contributed by atoms with Gasteiger partial charge in [0.1, 0.15) is 0 Å². The zero-order valence-electron chi connectivity index (χ0n) is 10.0. The number of carbonyl (C=O) groups is 1. The first kappa shape index (κ1) is 14.0. The van der Waals surface area contributed by atoms with Crippen LogP contribution in [0.2, 0.25) is 0 Å². The molecule has 0 radical (unpaired) electrons. The average molecular weight is 343 g/mol. The van der Waals surface area contributed by atoms with Gasteiger partial charge in [0.05, 0.1) is 16.0 Å². The van der Waals surface area contributed by atoms with Gasteiger partial charge in [0.15, 0.2) is 16.7 Å². The van der Waals surface area contributed by atoms with Crippen molar-refractivity contribution in [3.8, 4) is 11.5 Å². The van der Waals surface area contributed by atoms with Crippen molar-refractivity contribution < 1.29 is 14.6 Å². The number of carbonyl (C=O) groups excluding carboxylic acids is 1. The number of amides is 1. The molecule has 0 saturated heterocycles. The Bertz CT molecular complexity index is 599. The van der Waals surface area contributed by atoms with E-state index in [4.69, 9.17) is 10.5 Å². The van der Waals surface area contributed by atoms with Gasteiger partial charge in [0.2, 0.25) is 0 Å². The van der Waals surface area contributed by atoms with Crippen LogP contribution in [0, 0.1) is 0 Å². The summed E-state index contributed by atoms with van der Waals surface area (Å²) < 4.78 is 5.81. The molecule has 0 unspecified atom stereocenters. The predicted octanol–water partition coefficient (Wildman–Crippen LogP) is 2.48. The lowest BCUT2D eigenvalue weighted by molar-refractivity contribution is -0.113. The molecule has 100 valence electrons. The van der Waals surface area contributed by atoms with Gasteiger partial charge in [-0.1, -0.05) is 0 Å². The molecule has 1 aliphatic rings. The Morgan fingerprint density at radius 1 is 1.58 bits per heavy atom. The lowest BCUT2D eigenvalue weighted by Gasteiger charge is -2.08. The number of ether oxygens (including phenoxy) is 1. The van der Waals surface area contributed by atoms with Crippen molar-refractivity contribution in [3.63, 3.8) is 0 Å². The van der Waals surface area contributed by atoms with E-state index in [0.717, 1.165) is 11.8 Å². The number of nitrogens with two attached hydrogens (primary N) is 1. The summed E-state index contributed by atoms with van der Waals surface area (Å²) in [6, 6.07) is 3.34. The molecule has 1 aromatic rings. The highest BCUT2D eigenvalue weighted by Gasteiger charge is 2.20. The van der Waals surface area contributed by atoms with Gasteiger partial charge in [-0.05, 0) is 58.4 Å². The summed E-state index contributed by atoms with van der Waals surface area (Å²) in [4.78, 5) is 15.6. The van der Waals surface area contributed by atoms with Gasteiger partial charge in [-0.25, -0.2) is 0 Å². The molecule has 2 rings (SSSR count). The quantitative estimate of drug-likeness (QED) is 0.824. The van der Waals surface area contributed by atoms with E-state index in [1.54, 1.807) is 18.2 Å². The van der Waals surface area contributed by atoms with Crippen LogP contribution in [-0.2, 0) is 4.79 Å². The maximum absolute atomic E-state index is 11.5. The van der Waals surface area contributed by atoms with E-state index >= 15 is 0 Å². The van der Waals surface area contributed by atoms with E-state index in [1.807, 2.05) is 6.92 Å². The van der Waals surface area contributed by atoms with Gasteiger partial charge in [0, 0.05) is 0 Å². The summed E-state index contributed by atoms with van der Waals surface area (Å²) >= 11 is 4.36.